The Bertz CT molecular complexity index is 773. The largest absolute Gasteiger partial charge is 0.458 e. The summed E-state index contributed by atoms with van der Waals surface area (Å²) in [6, 6.07) is 18.9. The SMILES string of the molecule is O=C(OCc1ccccc1)C(Cc1ccccc1)OC(=O)N1CC=CCC1. The van der Waals surface area contributed by atoms with E-state index < -0.39 is 18.2 Å². The summed E-state index contributed by atoms with van der Waals surface area (Å²) >= 11 is 0. The van der Waals surface area contributed by atoms with Gasteiger partial charge in [0.05, 0.1) is 0 Å². The van der Waals surface area contributed by atoms with Crippen LogP contribution in [0.2, 0.25) is 0 Å². The standard InChI is InChI=1S/C22H23NO4/c24-21(26-17-19-12-6-2-7-13-19)20(16-18-10-4-1-5-11-18)27-22(25)23-14-8-3-9-15-23/h1-8,10-13,20H,9,14-17H2. The van der Waals surface area contributed by atoms with Crippen LogP contribution in [0.5, 0.6) is 0 Å². The van der Waals surface area contributed by atoms with E-state index >= 15 is 0 Å². The summed E-state index contributed by atoms with van der Waals surface area (Å²) in [6.07, 6.45) is 3.55. The lowest BCUT2D eigenvalue weighted by molar-refractivity contribution is -0.155. The minimum Gasteiger partial charge on any atom is -0.458 e. The Morgan fingerprint density at radius 1 is 0.926 bits per heavy atom. The van der Waals surface area contributed by atoms with E-state index in [-0.39, 0.29) is 13.0 Å². The molecule has 1 amide bonds. The number of nitrogens with zero attached hydrogens (tertiary/aromatic N) is 1. The van der Waals surface area contributed by atoms with Gasteiger partial charge in [-0.2, -0.15) is 0 Å². The van der Waals surface area contributed by atoms with E-state index in [1.807, 2.05) is 72.8 Å². The highest BCUT2D eigenvalue weighted by Gasteiger charge is 2.27. The molecule has 0 aliphatic carbocycles. The Balaban J connectivity index is 1.65. The van der Waals surface area contributed by atoms with Crippen molar-refractivity contribution in [3.63, 3.8) is 0 Å². The van der Waals surface area contributed by atoms with Crippen LogP contribution in [0.25, 0.3) is 0 Å². The molecule has 0 spiro atoms. The second kappa shape index (κ2) is 9.57. The van der Waals surface area contributed by atoms with E-state index in [0.29, 0.717) is 13.1 Å². The number of hydrogen-bond acceptors (Lipinski definition) is 4. The minimum atomic E-state index is -0.977. The van der Waals surface area contributed by atoms with Crippen LogP contribution in [0.15, 0.2) is 72.8 Å². The fraction of sp³-hybridized carbons (Fsp3) is 0.273. The fourth-order valence-electron chi connectivity index (χ4n) is 2.83. The van der Waals surface area contributed by atoms with Crippen molar-refractivity contribution in [2.75, 3.05) is 13.1 Å². The van der Waals surface area contributed by atoms with Gasteiger partial charge in [0.2, 0.25) is 6.10 Å². The van der Waals surface area contributed by atoms with Crippen molar-refractivity contribution in [3.05, 3.63) is 83.9 Å². The smallest absolute Gasteiger partial charge is 0.410 e. The number of esters is 1. The molecule has 0 bridgehead atoms. The van der Waals surface area contributed by atoms with E-state index in [1.165, 1.54) is 0 Å². The van der Waals surface area contributed by atoms with Gasteiger partial charge in [-0.25, -0.2) is 9.59 Å². The van der Waals surface area contributed by atoms with Gasteiger partial charge in [-0.3, -0.25) is 0 Å². The number of carbonyl (C=O) groups excluding carboxylic acids is 2. The van der Waals surface area contributed by atoms with Crippen LogP contribution >= 0.6 is 0 Å². The monoisotopic (exact) mass is 365 g/mol. The Morgan fingerprint density at radius 3 is 2.22 bits per heavy atom. The van der Waals surface area contributed by atoms with Gasteiger partial charge in [0.25, 0.3) is 0 Å². The molecular weight excluding hydrogens is 342 g/mol. The lowest BCUT2D eigenvalue weighted by Gasteiger charge is -2.25. The van der Waals surface area contributed by atoms with Gasteiger partial charge in [-0.1, -0.05) is 72.8 Å². The molecule has 140 valence electrons. The summed E-state index contributed by atoms with van der Waals surface area (Å²) in [5, 5.41) is 0. The normalized spacial score (nSPS) is 14.4. The molecule has 0 fully saturated rings. The predicted molar refractivity (Wildman–Crippen MR) is 102 cm³/mol. The van der Waals surface area contributed by atoms with Gasteiger partial charge in [0.1, 0.15) is 6.61 Å². The van der Waals surface area contributed by atoms with Gasteiger partial charge in [-0.05, 0) is 17.5 Å². The van der Waals surface area contributed by atoms with E-state index in [1.54, 1.807) is 4.90 Å². The van der Waals surface area contributed by atoms with Gasteiger partial charge < -0.3 is 14.4 Å². The summed E-state index contributed by atoms with van der Waals surface area (Å²) in [5.41, 5.74) is 1.79. The summed E-state index contributed by atoms with van der Waals surface area (Å²) in [4.78, 5) is 26.6. The first kappa shape index (κ1) is 18.7. The number of hydrogen-bond donors (Lipinski definition) is 0. The third kappa shape index (κ3) is 5.71. The quantitative estimate of drug-likeness (QED) is 0.578. The molecule has 3 rings (SSSR count). The van der Waals surface area contributed by atoms with Crippen molar-refractivity contribution in [2.24, 2.45) is 0 Å². The van der Waals surface area contributed by atoms with Crippen LogP contribution in [0.3, 0.4) is 0 Å². The number of benzene rings is 2. The van der Waals surface area contributed by atoms with Crippen molar-refractivity contribution in [3.8, 4) is 0 Å². The fourth-order valence-corrected chi connectivity index (χ4v) is 2.83. The highest BCUT2D eigenvalue weighted by Crippen LogP contribution is 2.13. The molecule has 0 saturated heterocycles. The lowest BCUT2D eigenvalue weighted by Crippen LogP contribution is -2.40. The lowest BCUT2D eigenvalue weighted by atomic mass is 10.1. The number of ether oxygens (including phenoxy) is 2. The van der Waals surface area contributed by atoms with Gasteiger partial charge >= 0.3 is 12.1 Å². The maximum absolute atomic E-state index is 12.6. The molecule has 2 aromatic rings. The van der Waals surface area contributed by atoms with Crippen LogP contribution in [0.1, 0.15) is 17.5 Å². The van der Waals surface area contributed by atoms with Crippen LogP contribution < -0.4 is 0 Å². The van der Waals surface area contributed by atoms with E-state index in [9.17, 15) is 9.59 Å². The predicted octanol–water partition coefficient (Wildman–Crippen LogP) is 3.74. The van der Waals surface area contributed by atoms with Gasteiger partial charge in [-0.15, -0.1) is 0 Å². The summed E-state index contributed by atoms with van der Waals surface area (Å²) in [5.74, 6) is -0.538. The summed E-state index contributed by atoms with van der Waals surface area (Å²) < 4.78 is 10.9. The summed E-state index contributed by atoms with van der Waals surface area (Å²) in [6.45, 7) is 1.23. The molecule has 1 aliphatic rings. The zero-order valence-corrected chi connectivity index (χ0v) is 15.1. The van der Waals surface area contributed by atoms with E-state index in [0.717, 1.165) is 17.5 Å². The van der Waals surface area contributed by atoms with E-state index in [4.69, 9.17) is 9.47 Å². The average Bonchev–Trinajstić information content (AvgIpc) is 2.73. The van der Waals surface area contributed by atoms with Crippen LogP contribution in [0.4, 0.5) is 4.79 Å². The molecule has 0 aromatic heterocycles. The first-order chi connectivity index (χ1) is 13.2. The third-order valence-electron chi connectivity index (χ3n) is 4.31. The van der Waals surface area contributed by atoms with Crippen molar-refractivity contribution >= 4 is 12.1 Å². The highest BCUT2D eigenvalue weighted by atomic mass is 16.6. The molecule has 0 radical (unpaired) electrons. The zero-order valence-electron chi connectivity index (χ0n) is 15.1. The van der Waals surface area contributed by atoms with Crippen molar-refractivity contribution < 1.29 is 19.1 Å². The molecule has 1 heterocycles. The van der Waals surface area contributed by atoms with Crippen LogP contribution in [-0.2, 0) is 27.3 Å². The number of carbonyl (C=O) groups is 2. The molecule has 2 aromatic carbocycles. The second-order valence-corrected chi connectivity index (χ2v) is 6.36. The molecule has 1 unspecified atom stereocenters. The highest BCUT2D eigenvalue weighted by molar-refractivity contribution is 5.79. The molecule has 0 N–H and O–H groups in total. The minimum absolute atomic E-state index is 0.148. The van der Waals surface area contributed by atoms with Crippen molar-refractivity contribution in [2.45, 2.75) is 25.6 Å². The number of rotatable bonds is 6. The van der Waals surface area contributed by atoms with Crippen LogP contribution in [0, 0.1) is 0 Å². The Hall–Kier alpha value is -3.08. The van der Waals surface area contributed by atoms with Gasteiger partial charge in [0, 0.05) is 19.5 Å². The Kier molecular flexibility index (Phi) is 6.63. The third-order valence-corrected chi connectivity index (χ3v) is 4.31. The van der Waals surface area contributed by atoms with Crippen molar-refractivity contribution in [1.29, 1.82) is 0 Å². The first-order valence-corrected chi connectivity index (χ1v) is 9.07. The number of amides is 1. The van der Waals surface area contributed by atoms with Gasteiger partial charge in [0.15, 0.2) is 0 Å². The Morgan fingerprint density at radius 2 is 1.59 bits per heavy atom. The summed E-state index contributed by atoms with van der Waals surface area (Å²) in [7, 11) is 0. The molecule has 1 aliphatic heterocycles. The first-order valence-electron chi connectivity index (χ1n) is 9.07. The molecule has 1 atom stereocenters. The average molecular weight is 365 g/mol. The molecule has 5 heteroatoms. The van der Waals surface area contributed by atoms with Crippen LogP contribution in [-0.4, -0.2) is 36.2 Å². The Labute approximate surface area is 159 Å². The topological polar surface area (TPSA) is 55.8 Å². The maximum atomic E-state index is 12.6. The molecular formula is C22H23NO4. The van der Waals surface area contributed by atoms with E-state index in [2.05, 4.69) is 0 Å². The molecule has 27 heavy (non-hydrogen) atoms. The molecule has 0 saturated carbocycles. The molecule has 5 nitrogen and oxygen atoms in total. The zero-order chi connectivity index (χ0) is 18.9. The maximum Gasteiger partial charge on any atom is 0.410 e. The second-order valence-electron chi connectivity index (χ2n) is 6.36. The van der Waals surface area contributed by atoms with Crippen molar-refractivity contribution in [1.82, 2.24) is 4.90 Å².